The third-order valence-corrected chi connectivity index (χ3v) is 2.51. The minimum absolute atomic E-state index is 0.0453. The number of ether oxygens (including phenoxy) is 2. The summed E-state index contributed by atoms with van der Waals surface area (Å²) < 4.78 is 9.99. The second-order valence-corrected chi connectivity index (χ2v) is 4.02. The molecule has 0 heterocycles. The number of Topliss-reactive ketones (excluding diaryl/α,β-unsaturated/α-hetero) is 1. The van der Waals surface area contributed by atoms with Crippen LogP contribution in [0.1, 0.15) is 29.8 Å². The molecule has 0 aliphatic heterocycles. The lowest BCUT2D eigenvalue weighted by Gasteiger charge is -2.10. The van der Waals surface area contributed by atoms with Crippen molar-refractivity contribution < 1.29 is 19.1 Å². The van der Waals surface area contributed by atoms with Crippen LogP contribution in [0.5, 0.6) is 5.75 Å². The Labute approximate surface area is 111 Å². The summed E-state index contributed by atoms with van der Waals surface area (Å²) in [6.07, 6.45) is -0.842. The Bertz CT molecular complexity index is 531. The van der Waals surface area contributed by atoms with E-state index < -0.39 is 12.1 Å². The monoisotopic (exact) mass is 261 g/mol. The van der Waals surface area contributed by atoms with Crippen LogP contribution in [0.25, 0.3) is 0 Å². The van der Waals surface area contributed by atoms with Crippen molar-refractivity contribution >= 4 is 11.8 Å². The highest BCUT2D eigenvalue weighted by molar-refractivity contribution is 5.94. The summed E-state index contributed by atoms with van der Waals surface area (Å²) in [5.41, 5.74) is 1.06. The average Bonchev–Trinajstić information content (AvgIpc) is 2.38. The first kappa shape index (κ1) is 14.7. The van der Waals surface area contributed by atoms with Crippen molar-refractivity contribution in [3.05, 3.63) is 29.3 Å². The number of hydrogen-bond acceptors (Lipinski definition) is 5. The number of hydrogen-bond donors (Lipinski definition) is 0. The molecule has 1 aromatic rings. The molecule has 0 saturated heterocycles. The lowest BCUT2D eigenvalue weighted by atomic mass is 10.0. The quantitative estimate of drug-likeness (QED) is 0.597. The van der Waals surface area contributed by atoms with Crippen molar-refractivity contribution in [2.75, 3.05) is 7.11 Å². The van der Waals surface area contributed by atoms with Crippen LogP contribution in [-0.2, 0) is 16.0 Å². The van der Waals surface area contributed by atoms with E-state index in [9.17, 15) is 9.59 Å². The Morgan fingerprint density at radius 1 is 1.42 bits per heavy atom. The van der Waals surface area contributed by atoms with Gasteiger partial charge >= 0.3 is 5.97 Å². The third-order valence-electron chi connectivity index (χ3n) is 2.51. The maximum Gasteiger partial charge on any atom is 0.311 e. The van der Waals surface area contributed by atoms with E-state index in [1.165, 1.54) is 21.0 Å². The highest BCUT2D eigenvalue weighted by Gasteiger charge is 2.14. The van der Waals surface area contributed by atoms with Crippen molar-refractivity contribution in [3.63, 3.8) is 0 Å². The molecule has 0 fully saturated rings. The first-order chi connectivity index (χ1) is 8.97. The lowest BCUT2D eigenvalue weighted by molar-refractivity contribution is -0.145. The number of nitrogens with zero attached hydrogens (tertiary/aromatic N) is 1. The Hall–Kier alpha value is -2.35. The molecule has 0 spiro atoms. The molecule has 1 aromatic carbocycles. The fraction of sp³-hybridized carbons (Fsp3) is 0.357. The van der Waals surface area contributed by atoms with Crippen LogP contribution in [0.2, 0.25) is 0 Å². The Morgan fingerprint density at radius 2 is 2.11 bits per heavy atom. The van der Waals surface area contributed by atoms with Gasteiger partial charge in [0.2, 0.25) is 0 Å². The number of esters is 1. The molecule has 0 radical (unpaired) electrons. The second-order valence-electron chi connectivity index (χ2n) is 4.02. The number of carbonyl (C=O) groups is 2. The van der Waals surface area contributed by atoms with Crippen LogP contribution >= 0.6 is 0 Å². The summed E-state index contributed by atoms with van der Waals surface area (Å²) in [7, 11) is 1.48. The maximum atomic E-state index is 11.6. The zero-order chi connectivity index (χ0) is 14.4. The van der Waals surface area contributed by atoms with Gasteiger partial charge in [0, 0.05) is 11.1 Å². The first-order valence-corrected chi connectivity index (χ1v) is 5.75. The van der Waals surface area contributed by atoms with Gasteiger partial charge in [-0.15, -0.1) is 0 Å². The normalized spacial score (nSPS) is 11.3. The highest BCUT2D eigenvalue weighted by Crippen LogP contribution is 2.21. The van der Waals surface area contributed by atoms with E-state index in [0.29, 0.717) is 16.9 Å². The van der Waals surface area contributed by atoms with Crippen molar-refractivity contribution in [1.29, 1.82) is 5.26 Å². The fourth-order valence-electron chi connectivity index (χ4n) is 1.56. The number of nitriles is 1. The van der Waals surface area contributed by atoms with Gasteiger partial charge in [0.05, 0.1) is 13.5 Å². The lowest BCUT2D eigenvalue weighted by Crippen LogP contribution is -2.15. The smallest absolute Gasteiger partial charge is 0.311 e. The van der Waals surface area contributed by atoms with E-state index in [1.54, 1.807) is 18.2 Å². The van der Waals surface area contributed by atoms with E-state index in [2.05, 4.69) is 0 Å². The van der Waals surface area contributed by atoms with Crippen LogP contribution in [0.15, 0.2) is 18.2 Å². The molecule has 0 aliphatic carbocycles. The molecule has 0 saturated carbocycles. The van der Waals surface area contributed by atoms with Crippen LogP contribution in [0.3, 0.4) is 0 Å². The standard InChI is InChI=1S/C14H15NO4/c1-9(8-15)19-14(17)7-12-6-11(10(2)16)4-5-13(12)18-3/h4-6,9H,7H2,1-3H3/t9-/m1/s1. The number of rotatable bonds is 5. The van der Waals surface area contributed by atoms with Gasteiger partial charge in [-0.3, -0.25) is 9.59 Å². The largest absolute Gasteiger partial charge is 0.496 e. The van der Waals surface area contributed by atoms with Crippen molar-refractivity contribution in [1.82, 2.24) is 0 Å². The van der Waals surface area contributed by atoms with E-state index >= 15 is 0 Å². The van der Waals surface area contributed by atoms with Crippen molar-refractivity contribution in [3.8, 4) is 11.8 Å². The summed E-state index contributed by atoms with van der Waals surface area (Å²) in [6.45, 7) is 2.93. The van der Waals surface area contributed by atoms with E-state index in [4.69, 9.17) is 14.7 Å². The second kappa shape index (κ2) is 6.55. The molecule has 5 heteroatoms. The Balaban J connectivity index is 2.92. The van der Waals surface area contributed by atoms with E-state index in [0.717, 1.165) is 0 Å². The molecule has 0 N–H and O–H groups in total. The predicted molar refractivity (Wildman–Crippen MR) is 67.9 cm³/mol. The van der Waals surface area contributed by atoms with Gasteiger partial charge < -0.3 is 9.47 Å². The topological polar surface area (TPSA) is 76.4 Å². The number of carbonyl (C=O) groups excluding carboxylic acids is 2. The molecular weight excluding hydrogens is 246 g/mol. The van der Waals surface area contributed by atoms with Gasteiger partial charge in [0.25, 0.3) is 0 Å². The molecule has 1 atom stereocenters. The minimum atomic E-state index is -0.797. The van der Waals surface area contributed by atoms with Crippen LogP contribution in [0.4, 0.5) is 0 Å². The molecule has 0 unspecified atom stereocenters. The van der Waals surface area contributed by atoms with Crippen LogP contribution in [-0.4, -0.2) is 25.0 Å². The number of ketones is 1. The summed E-state index contributed by atoms with van der Waals surface area (Å²) in [6, 6.07) is 6.67. The van der Waals surface area contributed by atoms with Gasteiger partial charge in [-0.1, -0.05) is 0 Å². The molecule has 0 aliphatic rings. The third kappa shape index (κ3) is 4.11. The SMILES string of the molecule is COc1ccc(C(C)=O)cc1CC(=O)O[C@H](C)C#N. The minimum Gasteiger partial charge on any atom is -0.496 e. The fourth-order valence-corrected chi connectivity index (χ4v) is 1.56. The summed E-state index contributed by atoms with van der Waals surface area (Å²) >= 11 is 0. The first-order valence-electron chi connectivity index (χ1n) is 5.75. The van der Waals surface area contributed by atoms with Gasteiger partial charge in [0.1, 0.15) is 11.8 Å². The Kier molecular flexibility index (Phi) is 5.07. The molecule has 100 valence electrons. The van der Waals surface area contributed by atoms with Gasteiger partial charge in [-0.05, 0) is 32.0 Å². The van der Waals surface area contributed by atoms with E-state index in [1.807, 2.05) is 6.07 Å². The van der Waals surface area contributed by atoms with E-state index in [-0.39, 0.29) is 12.2 Å². The number of methoxy groups -OCH3 is 1. The molecule has 19 heavy (non-hydrogen) atoms. The summed E-state index contributed by atoms with van der Waals surface area (Å²) in [5.74, 6) is -0.123. The predicted octanol–water partition coefficient (Wildman–Crippen LogP) is 1.90. The molecule has 0 aromatic heterocycles. The van der Waals surface area contributed by atoms with Gasteiger partial charge in [0.15, 0.2) is 11.9 Å². The molecule has 0 bridgehead atoms. The molecule has 1 rings (SSSR count). The van der Waals surface area contributed by atoms with Crippen LogP contribution < -0.4 is 4.74 Å². The molecule has 5 nitrogen and oxygen atoms in total. The van der Waals surface area contributed by atoms with Crippen molar-refractivity contribution in [2.45, 2.75) is 26.4 Å². The summed E-state index contributed by atoms with van der Waals surface area (Å²) in [5, 5.41) is 8.57. The average molecular weight is 261 g/mol. The zero-order valence-electron chi connectivity index (χ0n) is 11.1. The van der Waals surface area contributed by atoms with Gasteiger partial charge in [-0.25, -0.2) is 0 Å². The maximum absolute atomic E-state index is 11.6. The van der Waals surface area contributed by atoms with Gasteiger partial charge in [-0.2, -0.15) is 5.26 Å². The molecule has 0 amide bonds. The summed E-state index contributed by atoms with van der Waals surface area (Å²) in [4.78, 5) is 22.9. The molecular formula is C14H15NO4. The Morgan fingerprint density at radius 3 is 2.63 bits per heavy atom. The van der Waals surface area contributed by atoms with Crippen LogP contribution in [0, 0.1) is 11.3 Å². The highest BCUT2D eigenvalue weighted by atomic mass is 16.5. The zero-order valence-corrected chi connectivity index (χ0v) is 11.1. The van der Waals surface area contributed by atoms with Crippen molar-refractivity contribution in [2.24, 2.45) is 0 Å². The number of benzene rings is 1.